The van der Waals surface area contributed by atoms with E-state index in [2.05, 4.69) is 19.2 Å². The van der Waals surface area contributed by atoms with Crippen molar-refractivity contribution in [2.75, 3.05) is 16.8 Å². The zero-order valence-electron chi connectivity index (χ0n) is 18.9. The summed E-state index contributed by atoms with van der Waals surface area (Å²) >= 11 is 0. The number of nitrogens with zero attached hydrogens (tertiary/aromatic N) is 1. The van der Waals surface area contributed by atoms with Gasteiger partial charge in [0, 0.05) is 24.3 Å². The maximum atomic E-state index is 12.8. The van der Waals surface area contributed by atoms with E-state index in [-0.39, 0.29) is 24.2 Å². The number of hydrogen-bond donors (Lipinski definition) is 1. The molecule has 4 rings (SSSR count). The minimum Gasteiger partial charge on any atom is -0.457 e. The molecule has 2 amide bonds. The molecule has 0 bridgehead atoms. The van der Waals surface area contributed by atoms with Crippen molar-refractivity contribution in [3.63, 3.8) is 0 Å². The van der Waals surface area contributed by atoms with Gasteiger partial charge < -0.3 is 15.0 Å². The van der Waals surface area contributed by atoms with Crippen LogP contribution in [-0.4, -0.2) is 18.4 Å². The lowest BCUT2D eigenvalue weighted by atomic mass is 10.1. The van der Waals surface area contributed by atoms with Gasteiger partial charge in [-0.15, -0.1) is 0 Å². The Labute approximate surface area is 189 Å². The number of amides is 2. The normalized spacial score (nSPS) is 15.7. The van der Waals surface area contributed by atoms with Crippen LogP contribution in [0.25, 0.3) is 0 Å². The van der Waals surface area contributed by atoms with Crippen molar-refractivity contribution in [3.8, 4) is 11.5 Å². The van der Waals surface area contributed by atoms with E-state index in [9.17, 15) is 9.59 Å². The molecule has 1 fully saturated rings. The first kappa shape index (κ1) is 21.6. The van der Waals surface area contributed by atoms with Crippen LogP contribution >= 0.6 is 0 Å². The van der Waals surface area contributed by atoms with Crippen LogP contribution < -0.4 is 15.0 Å². The van der Waals surface area contributed by atoms with Crippen LogP contribution in [0.4, 0.5) is 11.4 Å². The first-order valence-electron chi connectivity index (χ1n) is 10.8. The number of anilines is 2. The van der Waals surface area contributed by atoms with E-state index in [4.69, 9.17) is 4.74 Å². The second-order valence-corrected chi connectivity index (χ2v) is 8.54. The Kier molecular flexibility index (Phi) is 5.99. The minimum absolute atomic E-state index is 0.0226. The van der Waals surface area contributed by atoms with Gasteiger partial charge in [0.15, 0.2) is 0 Å². The molecule has 32 heavy (non-hydrogen) atoms. The molecule has 5 heteroatoms. The predicted octanol–water partition coefficient (Wildman–Crippen LogP) is 5.70. The lowest BCUT2D eigenvalue weighted by Crippen LogP contribution is -2.28. The fourth-order valence-corrected chi connectivity index (χ4v) is 3.79. The molecule has 164 valence electrons. The van der Waals surface area contributed by atoms with Gasteiger partial charge in [-0.2, -0.15) is 0 Å². The highest BCUT2D eigenvalue weighted by molar-refractivity contribution is 6.03. The van der Waals surface area contributed by atoms with E-state index >= 15 is 0 Å². The number of benzene rings is 3. The number of carbonyl (C=O) groups excluding carboxylic acids is 2. The van der Waals surface area contributed by atoms with E-state index in [1.807, 2.05) is 74.5 Å². The number of ether oxygens (including phenoxy) is 1. The molecule has 0 radical (unpaired) electrons. The number of rotatable bonds is 5. The highest BCUT2D eigenvalue weighted by atomic mass is 16.5. The topological polar surface area (TPSA) is 58.6 Å². The molecular formula is C27H28N2O3. The molecule has 3 aromatic carbocycles. The average molecular weight is 429 g/mol. The third-order valence-electron chi connectivity index (χ3n) is 6.13. The molecular weight excluding hydrogens is 400 g/mol. The summed E-state index contributed by atoms with van der Waals surface area (Å²) in [6.07, 6.45) is 0.215. The SMILES string of the molecule is Cc1ccc(Oc2ccc(NC(=O)[C@@H]3CC(=O)N(c4ccc(C)c(C)c4)C3)cc2)cc1C. The Bertz CT molecular complexity index is 1170. The molecule has 1 N–H and O–H groups in total. The summed E-state index contributed by atoms with van der Waals surface area (Å²) in [5.41, 5.74) is 6.23. The van der Waals surface area contributed by atoms with Gasteiger partial charge in [0.05, 0.1) is 5.92 Å². The number of aryl methyl sites for hydroxylation is 4. The maximum Gasteiger partial charge on any atom is 0.229 e. The van der Waals surface area contributed by atoms with Gasteiger partial charge >= 0.3 is 0 Å². The van der Waals surface area contributed by atoms with Crippen LogP contribution in [0, 0.1) is 33.6 Å². The molecule has 0 spiro atoms. The van der Waals surface area contributed by atoms with Gasteiger partial charge in [-0.1, -0.05) is 12.1 Å². The Morgan fingerprint density at radius 3 is 2.12 bits per heavy atom. The molecule has 5 nitrogen and oxygen atoms in total. The average Bonchev–Trinajstić information content (AvgIpc) is 3.16. The molecule has 3 aromatic rings. The Morgan fingerprint density at radius 1 is 0.844 bits per heavy atom. The van der Waals surface area contributed by atoms with Crippen molar-refractivity contribution in [1.29, 1.82) is 0 Å². The fourth-order valence-electron chi connectivity index (χ4n) is 3.79. The molecule has 1 heterocycles. The standard InChI is InChI=1S/C27H28N2O3/c1-17-5-9-23(13-19(17)3)29-16-21(15-26(29)30)27(31)28-22-7-11-24(12-8-22)32-25-10-6-18(2)20(4)14-25/h5-14,21H,15-16H2,1-4H3,(H,28,31)/t21-/m1/s1. The van der Waals surface area contributed by atoms with E-state index in [1.54, 1.807) is 4.90 Å². The number of hydrogen-bond acceptors (Lipinski definition) is 3. The molecule has 0 aromatic heterocycles. The summed E-state index contributed by atoms with van der Waals surface area (Å²) in [5.74, 6) is 0.928. The highest BCUT2D eigenvalue weighted by Gasteiger charge is 2.35. The van der Waals surface area contributed by atoms with Gasteiger partial charge in [0.1, 0.15) is 11.5 Å². The zero-order chi connectivity index (χ0) is 22.8. The van der Waals surface area contributed by atoms with Crippen molar-refractivity contribution in [3.05, 3.63) is 82.9 Å². The Morgan fingerprint density at radius 2 is 1.47 bits per heavy atom. The van der Waals surface area contributed by atoms with Gasteiger partial charge in [0.25, 0.3) is 0 Å². The molecule has 0 unspecified atom stereocenters. The first-order valence-corrected chi connectivity index (χ1v) is 10.8. The van der Waals surface area contributed by atoms with Crippen LogP contribution in [0.1, 0.15) is 28.7 Å². The van der Waals surface area contributed by atoms with Crippen molar-refractivity contribution in [1.82, 2.24) is 0 Å². The van der Waals surface area contributed by atoms with Crippen LogP contribution in [-0.2, 0) is 9.59 Å². The Hall–Kier alpha value is -3.60. The summed E-state index contributed by atoms with van der Waals surface area (Å²) in [6, 6.07) is 19.2. The smallest absolute Gasteiger partial charge is 0.229 e. The lowest BCUT2D eigenvalue weighted by molar-refractivity contribution is -0.122. The van der Waals surface area contributed by atoms with Crippen molar-refractivity contribution >= 4 is 23.2 Å². The summed E-state index contributed by atoms with van der Waals surface area (Å²) in [4.78, 5) is 27.0. The molecule has 1 aliphatic heterocycles. The largest absolute Gasteiger partial charge is 0.457 e. The number of nitrogens with one attached hydrogen (secondary N) is 1. The second kappa shape index (κ2) is 8.87. The van der Waals surface area contributed by atoms with E-state index in [0.29, 0.717) is 18.0 Å². The zero-order valence-corrected chi connectivity index (χ0v) is 18.9. The molecule has 1 saturated heterocycles. The summed E-state index contributed by atoms with van der Waals surface area (Å²) in [7, 11) is 0. The molecule has 0 aliphatic carbocycles. The van der Waals surface area contributed by atoms with Crippen LogP contribution in [0.15, 0.2) is 60.7 Å². The number of carbonyl (C=O) groups is 2. The first-order chi connectivity index (χ1) is 15.3. The van der Waals surface area contributed by atoms with Crippen molar-refractivity contribution in [2.24, 2.45) is 5.92 Å². The summed E-state index contributed by atoms with van der Waals surface area (Å²) < 4.78 is 5.91. The van der Waals surface area contributed by atoms with E-state index in [0.717, 1.165) is 17.0 Å². The quantitative estimate of drug-likeness (QED) is 0.567. The van der Waals surface area contributed by atoms with Gasteiger partial charge in [-0.05, 0) is 98.5 Å². The monoisotopic (exact) mass is 428 g/mol. The van der Waals surface area contributed by atoms with Gasteiger partial charge in [0.2, 0.25) is 11.8 Å². The van der Waals surface area contributed by atoms with E-state index in [1.165, 1.54) is 16.7 Å². The Balaban J connectivity index is 1.38. The van der Waals surface area contributed by atoms with Crippen LogP contribution in [0.2, 0.25) is 0 Å². The molecule has 0 saturated carbocycles. The summed E-state index contributed by atoms with van der Waals surface area (Å²) in [6.45, 7) is 8.57. The predicted molar refractivity (Wildman–Crippen MR) is 127 cm³/mol. The lowest BCUT2D eigenvalue weighted by Gasteiger charge is -2.18. The molecule has 1 aliphatic rings. The second-order valence-electron chi connectivity index (χ2n) is 8.54. The highest BCUT2D eigenvalue weighted by Crippen LogP contribution is 2.29. The third kappa shape index (κ3) is 4.67. The van der Waals surface area contributed by atoms with Crippen LogP contribution in [0.5, 0.6) is 11.5 Å². The molecule has 1 atom stereocenters. The fraction of sp³-hybridized carbons (Fsp3) is 0.259. The maximum absolute atomic E-state index is 12.8. The third-order valence-corrected chi connectivity index (χ3v) is 6.13. The summed E-state index contributed by atoms with van der Waals surface area (Å²) in [5, 5.41) is 2.93. The van der Waals surface area contributed by atoms with Gasteiger partial charge in [-0.25, -0.2) is 0 Å². The van der Waals surface area contributed by atoms with Crippen LogP contribution in [0.3, 0.4) is 0 Å². The van der Waals surface area contributed by atoms with E-state index < -0.39 is 0 Å². The minimum atomic E-state index is -0.379. The van der Waals surface area contributed by atoms with Crippen molar-refractivity contribution in [2.45, 2.75) is 34.1 Å². The van der Waals surface area contributed by atoms with Crippen molar-refractivity contribution < 1.29 is 14.3 Å². The van der Waals surface area contributed by atoms with Gasteiger partial charge in [-0.3, -0.25) is 9.59 Å².